The van der Waals surface area contributed by atoms with E-state index < -0.39 is 0 Å². The minimum absolute atomic E-state index is 0. The van der Waals surface area contributed by atoms with Gasteiger partial charge in [0, 0.05) is 17.1 Å². The number of hydrogen-bond donors (Lipinski definition) is 2. The first kappa shape index (κ1) is 18.7. The van der Waals surface area contributed by atoms with Crippen molar-refractivity contribution in [1.29, 1.82) is 0 Å². The number of nitrogens with one attached hydrogen (secondary N) is 1. The summed E-state index contributed by atoms with van der Waals surface area (Å²) in [5.74, 6) is 0.574. The molecule has 0 aliphatic heterocycles. The number of amides is 1. The van der Waals surface area contributed by atoms with Crippen molar-refractivity contribution >= 4 is 51.5 Å². The third-order valence-corrected chi connectivity index (χ3v) is 4.38. The second-order valence-electron chi connectivity index (χ2n) is 5.23. The summed E-state index contributed by atoms with van der Waals surface area (Å²) in [6.07, 6.45) is 2.43. The number of nitrogens with zero attached hydrogens (tertiary/aromatic N) is 1. The van der Waals surface area contributed by atoms with E-state index >= 15 is 0 Å². The zero-order valence-electron chi connectivity index (χ0n) is 11.8. The lowest BCUT2D eigenvalue weighted by Gasteiger charge is -2.26. The van der Waals surface area contributed by atoms with Gasteiger partial charge in [-0.2, -0.15) is 0 Å². The molecule has 1 amide bonds. The lowest BCUT2D eigenvalue weighted by atomic mass is 10.1. The zero-order valence-corrected chi connectivity index (χ0v) is 15.0. The normalized spacial score (nSPS) is 15.5. The van der Waals surface area contributed by atoms with Gasteiger partial charge in [-0.05, 0) is 44.0 Å². The Hall–Kier alpha value is -0.330. The molecule has 21 heavy (non-hydrogen) atoms. The van der Waals surface area contributed by atoms with E-state index in [9.17, 15) is 4.79 Å². The molecular weight excluding hydrogens is 377 g/mol. The van der Waals surface area contributed by atoms with Crippen LogP contribution in [0.1, 0.15) is 12.8 Å². The van der Waals surface area contributed by atoms with E-state index in [1.165, 1.54) is 12.8 Å². The van der Waals surface area contributed by atoms with Crippen LogP contribution in [-0.2, 0) is 4.79 Å². The molecular formula is C14H20BrCl2N3O. The number of rotatable bonds is 6. The van der Waals surface area contributed by atoms with E-state index in [1.54, 1.807) is 12.1 Å². The average Bonchev–Trinajstić information content (AvgIpc) is 3.18. The topological polar surface area (TPSA) is 58.4 Å². The molecule has 1 aliphatic carbocycles. The maximum absolute atomic E-state index is 12.1. The van der Waals surface area contributed by atoms with E-state index in [0.717, 1.165) is 4.47 Å². The number of carbonyl (C=O) groups is 1. The molecule has 1 aromatic rings. The molecule has 0 heterocycles. The Balaban J connectivity index is 0.00000220. The summed E-state index contributed by atoms with van der Waals surface area (Å²) < 4.78 is 0.884. The van der Waals surface area contributed by atoms with E-state index in [-0.39, 0.29) is 18.3 Å². The van der Waals surface area contributed by atoms with Gasteiger partial charge in [-0.25, -0.2) is 0 Å². The summed E-state index contributed by atoms with van der Waals surface area (Å²) in [5.41, 5.74) is 6.41. The quantitative estimate of drug-likeness (QED) is 0.776. The van der Waals surface area contributed by atoms with Crippen LogP contribution in [0.4, 0.5) is 5.69 Å². The highest BCUT2D eigenvalue weighted by Crippen LogP contribution is 2.34. The van der Waals surface area contributed by atoms with Gasteiger partial charge >= 0.3 is 0 Å². The number of carbonyl (C=O) groups excluding carboxylic acids is 1. The Morgan fingerprint density at radius 1 is 1.57 bits per heavy atom. The summed E-state index contributed by atoms with van der Waals surface area (Å²) in [6.45, 7) is 0.915. The van der Waals surface area contributed by atoms with Crippen LogP contribution in [-0.4, -0.2) is 37.0 Å². The van der Waals surface area contributed by atoms with Gasteiger partial charge in [0.05, 0.1) is 17.3 Å². The molecule has 4 nitrogen and oxygen atoms in total. The molecule has 1 atom stereocenters. The molecule has 0 spiro atoms. The fourth-order valence-electron chi connectivity index (χ4n) is 2.34. The Kier molecular flexibility index (Phi) is 7.44. The SMILES string of the molecule is CN(CC(=O)Nc1ccc(Br)cc1Cl)C(CN)C1CC1.Cl. The zero-order chi connectivity index (χ0) is 14.7. The minimum atomic E-state index is -0.0733. The summed E-state index contributed by atoms with van der Waals surface area (Å²) in [4.78, 5) is 14.1. The van der Waals surface area contributed by atoms with Crippen LogP contribution in [0, 0.1) is 5.92 Å². The Bertz CT molecular complexity index is 497. The molecule has 1 aliphatic rings. The molecule has 0 radical (unpaired) electrons. The monoisotopic (exact) mass is 395 g/mol. The Morgan fingerprint density at radius 3 is 2.76 bits per heavy atom. The number of benzene rings is 1. The standard InChI is InChI=1S/C14H19BrClN3O.ClH/c1-19(13(7-17)9-2-3-9)8-14(20)18-12-5-4-10(15)6-11(12)16;/h4-6,9,13H,2-3,7-8,17H2,1H3,(H,18,20);1H. The number of hydrogen-bond acceptors (Lipinski definition) is 3. The van der Waals surface area contributed by atoms with Crippen molar-refractivity contribution in [3.8, 4) is 0 Å². The van der Waals surface area contributed by atoms with Gasteiger partial charge in [0.2, 0.25) is 5.91 Å². The third kappa shape index (κ3) is 5.42. The highest BCUT2D eigenvalue weighted by atomic mass is 79.9. The minimum Gasteiger partial charge on any atom is -0.329 e. The molecule has 118 valence electrons. The van der Waals surface area contributed by atoms with Crippen molar-refractivity contribution in [2.75, 3.05) is 25.5 Å². The van der Waals surface area contributed by atoms with Crippen LogP contribution in [0.2, 0.25) is 5.02 Å². The van der Waals surface area contributed by atoms with Crippen LogP contribution in [0.5, 0.6) is 0 Å². The smallest absolute Gasteiger partial charge is 0.238 e. The number of halogens is 3. The highest BCUT2D eigenvalue weighted by molar-refractivity contribution is 9.10. The van der Waals surface area contributed by atoms with Crippen molar-refractivity contribution in [3.05, 3.63) is 27.7 Å². The van der Waals surface area contributed by atoms with Crippen molar-refractivity contribution in [2.45, 2.75) is 18.9 Å². The van der Waals surface area contributed by atoms with E-state index in [1.807, 2.05) is 18.0 Å². The van der Waals surface area contributed by atoms with Gasteiger partial charge in [0.25, 0.3) is 0 Å². The van der Waals surface area contributed by atoms with Gasteiger partial charge in [0.1, 0.15) is 0 Å². The number of nitrogens with two attached hydrogens (primary N) is 1. The lowest BCUT2D eigenvalue weighted by Crippen LogP contribution is -2.43. The number of anilines is 1. The van der Waals surface area contributed by atoms with Crippen molar-refractivity contribution < 1.29 is 4.79 Å². The molecule has 0 aromatic heterocycles. The largest absolute Gasteiger partial charge is 0.329 e. The van der Waals surface area contributed by atoms with Crippen molar-refractivity contribution in [2.24, 2.45) is 11.7 Å². The lowest BCUT2D eigenvalue weighted by molar-refractivity contribution is -0.117. The molecule has 0 bridgehead atoms. The third-order valence-electron chi connectivity index (χ3n) is 3.57. The van der Waals surface area contributed by atoms with Gasteiger partial charge < -0.3 is 11.1 Å². The van der Waals surface area contributed by atoms with Gasteiger partial charge in [-0.15, -0.1) is 12.4 Å². The highest BCUT2D eigenvalue weighted by Gasteiger charge is 2.33. The fraction of sp³-hybridized carbons (Fsp3) is 0.500. The van der Waals surface area contributed by atoms with Gasteiger partial charge in [0.15, 0.2) is 0 Å². The Labute approximate surface area is 144 Å². The Morgan fingerprint density at radius 2 is 2.24 bits per heavy atom. The van der Waals surface area contributed by atoms with Crippen molar-refractivity contribution in [1.82, 2.24) is 4.90 Å². The van der Waals surface area contributed by atoms with E-state index in [2.05, 4.69) is 21.2 Å². The predicted molar refractivity (Wildman–Crippen MR) is 93.2 cm³/mol. The summed E-state index contributed by atoms with van der Waals surface area (Å²) in [7, 11) is 1.94. The molecule has 1 aromatic carbocycles. The first-order valence-electron chi connectivity index (χ1n) is 6.66. The molecule has 2 rings (SSSR count). The molecule has 3 N–H and O–H groups in total. The van der Waals surface area contributed by atoms with Crippen LogP contribution >= 0.6 is 39.9 Å². The molecule has 1 saturated carbocycles. The average molecular weight is 397 g/mol. The maximum atomic E-state index is 12.1. The van der Waals surface area contributed by atoms with Crippen LogP contribution in [0.3, 0.4) is 0 Å². The van der Waals surface area contributed by atoms with E-state index in [0.29, 0.717) is 35.8 Å². The maximum Gasteiger partial charge on any atom is 0.238 e. The van der Waals surface area contributed by atoms with Gasteiger partial charge in [-0.1, -0.05) is 27.5 Å². The summed E-state index contributed by atoms with van der Waals surface area (Å²) >= 11 is 9.42. The van der Waals surface area contributed by atoms with Crippen LogP contribution in [0.15, 0.2) is 22.7 Å². The fourth-order valence-corrected chi connectivity index (χ4v) is 3.06. The molecule has 1 unspecified atom stereocenters. The predicted octanol–water partition coefficient (Wildman–Crippen LogP) is 3.13. The second-order valence-corrected chi connectivity index (χ2v) is 6.55. The second kappa shape index (κ2) is 8.34. The van der Waals surface area contributed by atoms with Crippen LogP contribution < -0.4 is 11.1 Å². The summed E-state index contributed by atoms with van der Waals surface area (Å²) in [5, 5.41) is 3.35. The molecule has 0 saturated heterocycles. The van der Waals surface area contributed by atoms with Crippen molar-refractivity contribution in [3.63, 3.8) is 0 Å². The summed E-state index contributed by atoms with van der Waals surface area (Å²) in [6, 6.07) is 5.68. The van der Waals surface area contributed by atoms with Crippen LogP contribution in [0.25, 0.3) is 0 Å². The first-order valence-corrected chi connectivity index (χ1v) is 7.83. The first-order chi connectivity index (χ1) is 9.51. The molecule has 7 heteroatoms. The number of likely N-dealkylation sites (N-methyl/N-ethyl adjacent to an activating group) is 1. The van der Waals surface area contributed by atoms with Gasteiger partial charge in [-0.3, -0.25) is 9.69 Å². The molecule has 1 fully saturated rings. The van der Waals surface area contributed by atoms with E-state index in [4.69, 9.17) is 17.3 Å².